The van der Waals surface area contributed by atoms with Gasteiger partial charge >= 0.3 is 0 Å². The molecule has 0 saturated carbocycles. The Kier molecular flexibility index (Phi) is 7.55. The molecule has 208 valence electrons. The Morgan fingerprint density at radius 1 is 1.00 bits per heavy atom. The second kappa shape index (κ2) is 10.6. The van der Waals surface area contributed by atoms with Crippen molar-refractivity contribution in [2.45, 2.75) is 64.8 Å². The van der Waals surface area contributed by atoms with Gasteiger partial charge in [0, 0.05) is 54.6 Å². The number of piperidine rings is 1. The molecule has 3 heterocycles. The number of carbonyl (C=O) groups excluding carboxylic acids is 1. The van der Waals surface area contributed by atoms with Gasteiger partial charge in [0.15, 0.2) is 0 Å². The lowest BCUT2D eigenvalue weighted by molar-refractivity contribution is -0.136. The minimum Gasteiger partial charge on any atom is -0.342 e. The number of halogens is 3. The van der Waals surface area contributed by atoms with Gasteiger partial charge in [0.05, 0.1) is 11.6 Å². The average molecular weight is 556 g/mol. The van der Waals surface area contributed by atoms with Gasteiger partial charge in [-0.2, -0.15) is 5.10 Å². The van der Waals surface area contributed by atoms with Crippen LogP contribution in [0.4, 0.5) is 8.78 Å². The van der Waals surface area contributed by atoms with Gasteiger partial charge in [0.1, 0.15) is 23.3 Å². The predicted molar refractivity (Wildman–Crippen MR) is 148 cm³/mol. The van der Waals surface area contributed by atoms with E-state index in [1.54, 1.807) is 0 Å². The number of carbonyl (C=O) groups is 1. The number of nitrogens with zero attached hydrogens (tertiary/aromatic N) is 5. The van der Waals surface area contributed by atoms with Gasteiger partial charge in [-0.15, -0.1) is 0 Å². The van der Waals surface area contributed by atoms with E-state index in [-0.39, 0.29) is 29.2 Å². The largest absolute Gasteiger partial charge is 0.342 e. The fraction of sp³-hybridized carbons (Fsp3) is 0.500. The van der Waals surface area contributed by atoms with Crippen LogP contribution < -0.4 is 0 Å². The van der Waals surface area contributed by atoms with E-state index in [0.29, 0.717) is 42.6 Å². The molecule has 5 rings (SSSR count). The summed E-state index contributed by atoms with van der Waals surface area (Å²) < 4.78 is 30.2. The van der Waals surface area contributed by atoms with Crippen LogP contribution >= 0.6 is 11.6 Å². The Bertz CT molecular complexity index is 1360. The molecular weight excluding hydrogens is 520 g/mol. The summed E-state index contributed by atoms with van der Waals surface area (Å²) in [7, 11) is 0. The lowest BCUT2D eigenvalue weighted by Gasteiger charge is -2.35. The third-order valence-electron chi connectivity index (χ3n) is 8.19. The van der Waals surface area contributed by atoms with E-state index in [1.165, 1.54) is 12.1 Å². The van der Waals surface area contributed by atoms with Gasteiger partial charge in [-0.3, -0.25) is 9.69 Å². The summed E-state index contributed by atoms with van der Waals surface area (Å²) in [5.74, 6) is -0.0231. The zero-order valence-corrected chi connectivity index (χ0v) is 24.0. The number of hydrogen-bond acceptors (Lipinski definition) is 4. The SMILES string of the molecule is Cc1nc(C2CCN(C(=O)[C@@H]3CN(C(C)(C)C)C[C@@H]3c3cc(F)cc(F)c3)CC2)n(-c2ccc(Cl)c(C)c2)n1. The first kappa shape index (κ1) is 27.7. The Balaban J connectivity index is 1.34. The summed E-state index contributed by atoms with van der Waals surface area (Å²) >= 11 is 6.24. The van der Waals surface area contributed by atoms with E-state index in [4.69, 9.17) is 16.6 Å². The number of benzene rings is 2. The van der Waals surface area contributed by atoms with E-state index in [2.05, 4.69) is 30.8 Å². The zero-order valence-electron chi connectivity index (χ0n) is 23.2. The molecule has 2 aromatic carbocycles. The Morgan fingerprint density at radius 3 is 2.28 bits per heavy atom. The van der Waals surface area contributed by atoms with Crippen LogP contribution in [-0.4, -0.2) is 62.2 Å². The van der Waals surface area contributed by atoms with E-state index < -0.39 is 11.6 Å². The maximum Gasteiger partial charge on any atom is 0.227 e. The first-order valence-electron chi connectivity index (χ1n) is 13.6. The average Bonchev–Trinajstić information content (AvgIpc) is 3.49. The predicted octanol–water partition coefficient (Wildman–Crippen LogP) is 6.04. The normalized spacial score (nSPS) is 21.1. The number of amides is 1. The fourth-order valence-corrected chi connectivity index (χ4v) is 6.09. The number of hydrogen-bond donors (Lipinski definition) is 0. The summed E-state index contributed by atoms with van der Waals surface area (Å²) in [6.45, 7) is 12.5. The standard InChI is InChI=1S/C30H36ClF2N5O/c1-18-12-24(6-7-27(18)31)38-28(34-19(2)35-38)20-8-10-36(11-9-20)29(39)26-17-37(30(3,4)5)16-25(26)21-13-22(32)15-23(33)14-21/h6-7,12-15,20,25-26H,8-11,16-17H2,1-5H3/t25-,26-/m1/s1. The molecular formula is C30H36ClF2N5O. The molecule has 2 aliphatic heterocycles. The van der Waals surface area contributed by atoms with Crippen LogP contribution in [0.2, 0.25) is 5.02 Å². The first-order chi connectivity index (χ1) is 18.4. The highest BCUT2D eigenvalue weighted by Gasteiger charge is 2.44. The van der Waals surface area contributed by atoms with Crippen LogP contribution in [0.5, 0.6) is 0 Å². The molecule has 2 atom stereocenters. The lowest BCUT2D eigenvalue weighted by Crippen LogP contribution is -2.44. The molecule has 2 aliphatic rings. The van der Waals surface area contributed by atoms with E-state index >= 15 is 0 Å². The molecule has 2 saturated heterocycles. The topological polar surface area (TPSA) is 54.3 Å². The van der Waals surface area contributed by atoms with Crippen LogP contribution in [0.25, 0.3) is 5.69 Å². The van der Waals surface area contributed by atoms with Crippen LogP contribution in [0, 0.1) is 31.4 Å². The molecule has 9 heteroatoms. The Labute approximate surface area is 234 Å². The second-order valence-electron chi connectivity index (χ2n) is 12.0. The van der Waals surface area contributed by atoms with E-state index in [9.17, 15) is 13.6 Å². The van der Waals surface area contributed by atoms with Crippen LogP contribution in [0.3, 0.4) is 0 Å². The van der Waals surface area contributed by atoms with Crippen molar-refractivity contribution in [1.29, 1.82) is 0 Å². The van der Waals surface area contributed by atoms with Crippen molar-refractivity contribution in [2.24, 2.45) is 5.92 Å². The summed E-state index contributed by atoms with van der Waals surface area (Å²) in [6.07, 6.45) is 1.54. The summed E-state index contributed by atoms with van der Waals surface area (Å²) in [5.41, 5.74) is 2.29. The minimum atomic E-state index is -0.610. The number of aryl methyl sites for hydroxylation is 2. The van der Waals surface area contributed by atoms with Crippen molar-refractivity contribution >= 4 is 17.5 Å². The highest BCUT2D eigenvalue weighted by molar-refractivity contribution is 6.31. The molecule has 1 amide bonds. The Hall–Kier alpha value is -2.84. The van der Waals surface area contributed by atoms with Crippen LogP contribution in [0.15, 0.2) is 36.4 Å². The monoisotopic (exact) mass is 555 g/mol. The Morgan fingerprint density at radius 2 is 1.67 bits per heavy atom. The third kappa shape index (κ3) is 5.73. The van der Waals surface area contributed by atoms with Crippen molar-refractivity contribution in [3.63, 3.8) is 0 Å². The molecule has 0 aliphatic carbocycles. The van der Waals surface area contributed by atoms with Gasteiger partial charge in [-0.1, -0.05) is 11.6 Å². The zero-order chi connectivity index (χ0) is 28.1. The van der Waals surface area contributed by atoms with Gasteiger partial charge in [-0.25, -0.2) is 18.4 Å². The molecule has 1 aromatic heterocycles. The molecule has 39 heavy (non-hydrogen) atoms. The molecule has 0 radical (unpaired) electrons. The maximum atomic E-state index is 14.1. The van der Waals surface area contributed by atoms with Gasteiger partial charge < -0.3 is 4.90 Å². The smallest absolute Gasteiger partial charge is 0.227 e. The molecule has 3 aromatic rings. The molecule has 6 nitrogen and oxygen atoms in total. The van der Waals surface area contributed by atoms with Crippen molar-refractivity contribution in [3.05, 3.63) is 75.8 Å². The highest BCUT2D eigenvalue weighted by Crippen LogP contribution is 2.39. The molecule has 2 fully saturated rings. The van der Waals surface area contributed by atoms with E-state index in [0.717, 1.165) is 36.0 Å². The lowest BCUT2D eigenvalue weighted by atomic mass is 9.86. The van der Waals surface area contributed by atoms with Gasteiger partial charge in [0.25, 0.3) is 0 Å². The van der Waals surface area contributed by atoms with Crippen molar-refractivity contribution in [2.75, 3.05) is 26.2 Å². The third-order valence-corrected chi connectivity index (χ3v) is 8.62. The van der Waals surface area contributed by atoms with Gasteiger partial charge in [0.2, 0.25) is 5.91 Å². The summed E-state index contributed by atoms with van der Waals surface area (Å²) in [4.78, 5) is 22.8. The van der Waals surface area contributed by atoms with E-state index in [1.807, 2.05) is 41.6 Å². The first-order valence-corrected chi connectivity index (χ1v) is 14.0. The molecule has 0 unspecified atom stereocenters. The number of aromatic nitrogens is 3. The minimum absolute atomic E-state index is 0.0563. The molecule has 0 bridgehead atoms. The number of rotatable bonds is 4. The quantitative estimate of drug-likeness (QED) is 0.394. The highest BCUT2D eigenvalue weighted by atomic mass is 35.5. The van der Waals surface area contributed by atoms with Crippen LogP contribution in [0.1, 0.15) is 68.2 Å². The van der Waals surface area contributed by atoms with Crippen molar-refractivity contribution in [3.8, 4) is 5.69 Å². The molecule has 0 spiro atoms. The summed E-state index contributed by atoms with van der Waals surface area (Å²) in [6, 6.07) is 9.46. The van der Waals surface area contributed by atoms with Gasteiger partial charge in [-0.05, 0) is 88.9 Å². The maximum absolute atomic E-state index is 14.1. The second-order valence-corrected chi connectivity index (χ2v) is 12.4. The van der Waals surface area contributed by atoms with Crippen molar-refractivity contribution < 1.29 is 13.6 Å². The summed E-state index contributed by atoms with van der Waals surface area (Å²) in [5, 5.41) is 5.36. The number of likely N-dealkylation sites (tertiary alicyclic amines) is 2. The molecule has 0 N–H and O–H groups in total. The van der Waals surface area contributed by atoms with Crippen LogP contribution in [-0.2, 0) is 4.79 Å². The van der Waals surface area contributed by atoms with Crippen molar-refractivity contribution in [1.82, 2.24) is 24.6 Å². The fourth-order valence-electron chi connectivity index (χ4n) is 5.97.